The molecule has 0 spiro atoms. The van der Waals surface area contributed by atoms with Crippen molar-refractivity contribution in [2.24, 2.45) is 5.92 Å². The van der Waals surface area contributed by atoms with Crippen LogP contribution in [0, 0.1) is 17.2 Å². The molecule has 2 unspecified atom stereocenters. The van der Waals surface area contributed by atoms with Crippen molar-refractivity contribution < 1.29 is 0 Å². The fourth-order valence-electron chi connectivity index (χ4n) is 2.11. The van der Waals surface area contributed by atoms with Crippen LogP contribution in [0.3, 0.4) is 0 Å². The molecule has 0 radical (unpaired) electrons. The lowest BCUT2D eigenvalue weighted by Crippen LogP contribution is -1.98. The van der Waals surface area contributed by atoms with Crippen molar-refractivity contribution >= 4 is 15.9 Å². The molecule has 1 fully saturated rings. The molecule has 1 nitrogen and oxygen atoms in total. The standard InChI is InChI=1S/C12H20BrN/c13-12-8-3-1-2-6-11(10-14)7-4-5-9-12/h11-12H,1-9H2. The normalized spacial score (nSPS) is 31.4. The first-order chi connectivity index (χ1) is 6.83. The van der Waals surface area contributed by atoms with Crippen LogP contribution in [-0.4, -0.2) is 4.83 Å². The number of halogens is 1. The second-order valence-electron chi connectivity index (χ2n) is 4.35. The summed E-state index contributed by atoms with van der Waals surface area (Å²) in [6.07, 6.45) is 11.3. The first-order valence-corrected chi connectivity index (χ1v) is 6.78. The van der Waals surface area contributed by atoms with Crippen molar-refractivity contribution in [3.05, 3.63) is 0 Å². The van der Waals surface area contributed by atoms with Crippen molar-refractivity contribution in [3.63, 3.8) is 0 Å². The summed E-state index contributed by atoms with van der Waals surface area (Å²) in [6, 6.07) is 2.44. The molecular formula is C12H20BrN. The minimum Gasteiger partial charge on any atom is -0.198 e. The maximum absolute atomic E-state index is 8.93. The molecule has 0 amide bonds. The Hall–Kier alpha value is -0.0300. The van der Waals surface area contributed by atoms with E-state index in [-0.39, 0.29) is 0 Å². The molecule has 1 aliphatic carbocycles. The summed E-state index contributed by atoms with van der Waals surface area (Å²) < 4.78 is 0. The van der Waals surface area contributed by atoms with E-state index >= 15 is 0 Å². The van der Waals surface area contributed by atoms with Gasteiger partial charge < -0.3 is 0 Å². The lowest BCUT2D eigenvalue weighted by molar-refractivity contribution is 0.497. The predicted octanol–water partition coefficient (Wildman–Crippen LogP) is 4.41. The van der Waals surface area contributed by atoms with E-state index in [9.17, 15) is 0 Å². The first-order valence-electron chi connectivity index (χ1n) is 5.86. The largest absolute Gasteiger partial charge is 0.198 e. The zero-order chi connectivity index (χ0) is 10.2. The van der Waals surface area contributed by atoms with Crippen LogP contribution in [0.4, 0.5) is 0 Å². The van der Waals surface area contributed by atoms with Crippen LogP contribution in [-0.2, 0) is 0 Å². The number of hydrogen-bond acceptors (Lipinski definition) is 1. The number of alkyl halides is 1. The minimum absolute atomic E-state index is 0.335. The Morgan fingerprint density at radius 3 is 2.00 bits per heavy atom. The van der Waals surface area contributed by atoms with Gasteiger partial charge in [0.05, 0.1) is 6.07 Å². The van der Waals surface area contributed by atoms with E-state index in [0.29, 0.717) is 5.92 Å². The highest BCUT2D eigenvalue weighted by molar-refractivity contribution is 9.09. The highest BCUT2D eigenvalue weighted by Gasteiger charge is 2.10. The van der Waals surface area contributed by atoms with Crippen LogP contribution in [0.25, 0.3) is 0 Å². The molecule has 0 aromatic carbocycles. The molecule has 14 heavy (non-hydrogen) atoms. The molecule has 2 heteroatoms. The molecule has 80 valence electrons. The lowest BCUT2D eigenvalue weighted by atomic mass is 9.97. The minimum atomic E-state index is 0.335. The molecule has 1 rings (SSSR count). The third-order valence-corrected chi connectivity index (χ3v) is 3.99. The van der Waals surface area contributed by atoms with Gasteiger partial charge in [0, 0.05) is 10.7 Å². The Morgan fingerprint density at radius 2 is 1.36 bits per heavy atom. The Labute approximate surface area is 96.0 Å². The van der Waals surface area contributed by atoms with Crippen molar-refractivity contribution in [1.82, 2.24) is 0 Å². The fraction of sp³-hybridized carbons (Fsp3) is 0.917. The van der Waals surface area contributed by atoms with E-state index in [1.807, 2.05) is 0 Å². The third kappa shape index (κ3) is 5.00. The molecule has 0 bridgehead atoms. The zero-order valence-corrected chi connectivity index (χ0v) is 10.4. The van der Waals surface area contributed by atoms with Crippen LogP contribution in [0.5, 0.6) is 0 Å². The first kappa shape index (κ1) is 12.0. The molecule has 0 aliphatic heterocycles. The van der Waals surface area contributed by atoms with E-state index in [2.05, 4.69) is 22.0 Å². The Morgan fingerprint density at radius 1 is 0.857 bits per heavy atom. The van der Waals surface area contributed by atoms with E-state index in [4.69, 9.17) is 5.26 Å². The molecular weight excluding hydrogens is 238 g/mol. The maximum Gasteiger partial charge on any atom is 0.0655 e. The summed E-state index contributed by atoms with van der Waals surface area (Å²) in [5.41, 5.74) is 0. The molecule has 0 aromatic heterocycles. The summed E-state index contributed by atoms with van der Waals surface area (Å²) in [4.78, 5) is 0.723. The monoisotopic (exact) mass is 257 g/mol. The highest BCUT2D eigenvalue weighted by atomic mass is 79.9. The van der Waals surface area contributed by atoms with Gasteiger partial charge in [0.2, 0.25) is 0 Å². The van der Waals surface area contributed by atoms with Gasteiger partial charge in [0.1, 0.15) is 0 Å². The van der Waals surface area contributed by atoms with Crippen molar-refractivity contribution in [1.29, 1.82) is 5.26 Å². The van der Waals surface area contributed by atoms with Crippen molar-refractivity contribution in [3.8, 4) is 6.07 Å². The van der Waals surface area contributed by atoms with E-state index in [1.165, 1.54) is 44.9 Å². The Kier molecular flexibility index (Phi) is 6.27. The second-order valence-corrected chi connectivity index (χ2v) is 5.64. The van der Waals surface area contributed by atoms with Gasteiger partial charge in [-0.3, -0.25) is 0 Å². The SMILES string of the molecule is N#CC1CCCCCC(Br)CCCC1. The van der Waals surface area contributed by atoms with Crippen LogP contribution >= 0.6 is 15.9 Å². The van der Waals surface area contributed by atoms with Gasteiger partial charge in [0.15, 0.2) is 0 Å². The molecule has 0 aromatic rings. The lowest BCUT2D eigenvalue weighted by Gasteiger charge is -2.07. The van der Waals surface area contributed by atoms with Gasteiger partial charge in [-0.1, -0.05) is 48.0 Å². The topological polar surface area (TPSA) is 23.8 Å². The maximum atomic E-state index is 8.93. The summed E-state index contributed by atoms with van der Waals surface area (Å²) in [6.45, 7) is 0. The smallest absolute Gasteiger partial charge is 0.0655 e. The van der Waals surface area contributed by atoms with Gasteiger partial charge in [-0.05, 0) is 25.7 Å². The molecule has 0 N–H and O–H groups in total. The van der Waals surface area contributed by atoms with Gasteiger partial charge in [-0.2, -0.15) is 5.26 Å². The van der Waals surface area contributed by atoms with Crippen LogP contribution < -0.4 is 0 Å². The summed E-state index contributed by atoms with van der Waals surface area (Å²) in [7, 11) is 0. The van der Waals surface area contributed by atoms with Crippen LogP contribution in [0.15, 0.2) is 0 Å². The van der Waals surface area contributed by atoms with Gasteiger partial charge in [-0.15, -0.1) is 0 Å². The average Bonchev–Trinajstić information content (AvgIpc) is 2.23. The van der Waals surface area contributed by atoms with E-state index < -0.39 is 0 Å². The van der Waals surface area contributed by atoms with Gasteiger partial charge >= 0.3 is 0 Å². The summed E-state index contributed by atoms with van der Waals surface area (Å²) in [5, 5.41) is 8.93. The van der Waals surface area contributed by atoms with Gasteiger partial charge in [0.25, 0.3) is 0 Å². The molecule has 0 saturated heterocycles. The van der Waals surface area contributed by atoms with Crippen molar-refractivity contribution in [2.75, 3.05) is 0 Å². The summed E-state index contributed by atoms with van der Waals surface area (Å²) in [5.74, 6) is 0.335. The van der Waals surface area contributed by atoms with Gasteiger partial charge in [-0.25, -0.2) is 0 Å². The second kappa shape index (κ2) is 7.29. The van der Waals surface area contributed by atoms with Crippen LogP contribution in [0.1, 0.15) is 57.8 Å². The van der Waals surface area contributed by atoms with E-state index in [0.717, 1.165) is 17.7 Å². The molecule has 1 aliphatic rings. The average molecular weight is 258 g/mol. The number of hydrogen-bond donors (Lipinski definition) is 0. The predicted molar refractivity (Wildman–Crippen MR) is 63.4 cm³/mol. The van der Waals surface area contributed by atoms with Crippen LogP contribution in [0.2, 0.25) is 0 Å². The zero-order valence-electron chi connectivity index (χ0n) is 8.84. The highest BCUT2D eigenvalue weighted by Crippen LogP contribution is 2.23. The Bertz CT molecular complexity index is 185. The Balaban J connectivity index is 2.30. The quantitative estimate of drug-likeness (QED) is 0.590. The number of rotatable bonds is 0. The fourth-order valence-corrected chi connectivity index (χ4v) is 2.76. The van der Waals surface area contributed by atoms with E-state index in [1.54, 1.807) is 0 Å². The molecule has 1 saturated carbocycles. The molecule has 2 atom stereocenters. The molecule has 0 heterocycles. The number of nitriles is 1. The summed E-state index contributed by atoms with van der Waals surface area (Å²) >= 11 is 3.73. The third-order valence-electron chi connectivity index (χ3n) is 3.07. The van der Waals surface area contributed by atoms with Crippen molar-refractivity contribution in [2.45, 2.75) is 62.6 Å². The number of nitrogens with zero attached hydrogens (tertiary/aromatic N) is 1.